The standard InChI is InChI=1S/C24H20Cl2N4OS/c1-29-19-13-12-16(25)14-17(19)21(15-8-4-3-5-9-15)27-22(23(29)31)28-24(32)30(2)20-11-7-6-10-18(20)26/h3-14,22H,1-2H3,(H,28,32). The lowest BCUT2D eigenvalue weighted by atomic mass is 10.0. The number of para-hydroxylation sites is 1. The number of amides is 1. The molecule has 5 nitrogen and oxygen atoms in total. The summed E-state index contributed by atoms with van der Waals surface area (Å²) in [5, 5.41) is 4.54. The topological polar surface area (TPSA) is 47.9 Å². The van der Waals surface area contributed by atoms with Crippen LogP contribution in [0.1, 0.15) is 11.1 Å². The van der Waals surface area contributed by atoms with E-state index in [1.54, 1.807) is 36.0 Å². The minimum Gasteiger partial charge on any atom is -0.333 e. The van der Waals surface area contributed by atoms with Gasteiger partial charge in [-0.3, -0.25) is 4.79 Å². The zero-order chi connectivity index (χ0) is 22.8. The fourth-order valence-electron chi connectivity index (χ4n) is 3.51. The van der Waals surface area contributed by atoms with Crippen molar-refractivity contribution in [2.45, 2.75) is 6.17 Å². The van der Waals surface area contributed by atoms with Crippen LogP contribution in [0.25, 0.3) is 0 Å². The van der Waals surface area contributed by atoms with Gasteiger partial charge in [0, 0.05) is 30.2 Å². The van der Waals surface area contributed by atoms with Crippen molar-refractivity contribution in [3.8, 4) is 0 Å². The van der Waals surface area contributed by atoms with Crippen molar-refractivity contribution in [3.63, 3.8) is 0 Å². The quantitative estimate of drug-likeness (QED) is 0.524. The molecule has 0 aliphatic carbocycles. The fraction of sp³-hybridized carbons (Fsp3) is 0.125. The second kappa shape index (κ2) is 9.28. The molecule has 3 aromatic carbocycles. The average molecular weight is 483 g/mol. The van der Waals surface area contributed by atoms with Crippen LogP contribution < -0.4 is 15.1 Å². The summed E-state index contributed by atoms with van der Waals surface area (Å²) in [5.41, 5.74) is 3.74. The molecule has 162 valence electrons. The molecule has 8 heteroatoms. The Hall–Kier alpha value is -2.93. The van der Waals surface area contributed by atoms with E-state index in [2.05, 4.69) is 5.32 Å². The number of benzene rings is 3. The number of fused-ring (bicyclic) bond motifs is 1. The van der Waals surface area contributed by atoms with Gasteiger partial charge in [-0.25, -0.2) is 4.99 Å². The molecule has 0 spiro atoms. The zero-order valence-corrected chi connectivity index (χ0v) is 19.7. The van der Waals surface area contributed by atoms with Gasteiger partial charge < -0.3 is 15.1 Å². The van der Waals surface area contributed by atoms with E-state index >= 15 is 0 Å². The molecule has 0 saturated carbocycles. The van der Waals surface area contributed by atoms with Crippen molar-refractivity contribution in [1.29, 1.82) is 0 Å². The predicted molar refractivity (Wildman–Crippen MR) is 136 cm³/mol. The van der Waals surface area contributed by atoms with E-state index in [-0.39, 0.29) is 5.91 Å². The number of aliphatic imine (C=N–C) groups is 1. The van der Waals surface area contributed by atoms with Crippen LogP contribution in [-0.2, 0) is 4.79 Å². The molecular weight excluding hydrogens is 463 g/mol. The molecule has 0 radical (unpaired) electrons. The molecule has 0 saturated heterocycles. The van der Waals surface area contributed by atoms with Crippen LogP contribution in [-0.4, -0.2) is 37.0 Å². The molecule has 1 atom stereocenters. The first kappa shape index (κ1) is 22.3. The number of hydrogen-bond donors (Lipinski definition) is 1. The second-order valence-corrected chi connectivity index (χ2v) is 8.50. The number of benzodiazepines with no additional fused rings is 1. The summed E-state index contributed by atoms with van der Waals surface area (Å²) in [6.45, 7) is 0. The summed E-state index contributed by atoms with van der Waals surface area (Å²) < 4.78 is 0. The normalized spacial score (nSPS) is 15.5. The number of hydrogen-bond acceptors (Lipinski definition) is 3. The number of likely N-dealkylation sites (N-methyl/N-ethyl adjacent to an activating group) is 1. The van der Waals surface area contributed by atoms with Crippen molar-refractivity contribution >= 4 is 63.5 Å². The lowest BCUT2D eigenvalue weighted by Gasteiger charge is -2.26. The van der Waals surface area contributed by atoms with Gasteiger partial charge in [0.15, 0.2) is 5.11 Å². The van der Waals surface area contributed by atoms with Gasteiger partial charge >= 0.3 is 0 Å². The molecule has 1 aliphatic rings. The summed E-state index contributed by atoms with van der Waals surface area (Å²) in [4.78, 5) is 21.4. The van der Waals surface area contributed by atoms with E-state index in [0.29, 0.717) is 20.9 Å². The highest BCUT2D eigenvalue weighted by Gasteiger charge is 2.31. The number of anilines is 2. The van der Waals surface area contributed by atoms with Gasteiger partial charge in [-0.2, -0.15) is 0 Å². The fourth-order valence-corrected chi connectivity index (χ4v) is 4.16. The summed E-state index contributed by atoms with van der Waals surface area (Å²) in [6.07, 6.45) is -0.932. The van der Waals surface area contributed by atoms with E-state index in [1.807, 2.05) is 60.7 Å². The highest BCUT2D eigenvalue weighted by molar-refractivity contribution is 7.80. The highest BCUT2D eigenvalue weighted by atomic mass is 35.5. The monoisotopic (exact) mass is 482 g/mol. The minimum absolute atomic E-state index is 0.241. The van der Waals surface area contributed by atoms with E-state index in [9.17, 15) is 4.79 Å². The Kier molecular flexibility index (Phi) is 6.46. The Morgan fingerprint density at radius 2 is 1.75 bits per heavy atom. The molecule has 4 rings (SSSR count). The van der Waals surface area contributed by atoms with Crippen LogP contribution in [0.5, 0.6) is 0 Å². The SMILES string of the molecule is CN(C(=S)NC1N=C(c2ccccc2)c2cc(Cl)ccc2N(C)C1=O)c1ccccc1Cl. The number of carbonyl (C=O) groups excluding carboxylic acids is 1. The summed E-state index contributed by atoms with van der Waals surface area (Å²) in [5.74, 6) is -0.241. The summed E-state index contributed by atoms with van der Waals surface area (Å²) >= 11 is 18.2. The first-order chi connectivity index (χ1) is 15.4. The van der Waals surface area contributed by atoms with Crippen molar-refractivity contribution in [3.05, 3.63) is 94.0 Å². The minimum atomic E-state index is -0.932. The Bertz CT molecular complexity index is 1220. The molecule has 1 N–H and O–H groups in total. The maximum atomic E-state index is 13.4. The van der Waals surface area contributed by atoms with Crippen LogP contribution in [0.15, 0.2) is 77.8 Å². The maximum absolute atomic E-state index is 13.4. The Morgan fingerprint density at radius 1 is 1.06 bits per heavy atom. The van der Waals surface area contributed by atoms with Crippen LogP contribution in [0.3, 0.4) is 0 Å². The molecule has 0 aromatic heterocycles. The van der Waals surface area contributed by atoms with Gasteiger partial charge in [0.1, 0.15) is 0 Å². The largest absolute Gasteiger partial charge is 0.333 e. The third-order valence-electron chi connectivity index (χ3n) is 5.22. The van der Waals surface area contributed by atoms with Crippen LogP contribution in [0.4, 0.5) is 11.4 Å². The first-order valence-electron chi connectivity index (χ1n) is 9.86. The Morgan fingerprint density at radius 3 is 2.47 bits per heavy atom. The maximum Gasteiger partial charge on any atom is 0.272 e. The van der Waals surface area contributed by atoms with Crippen molar-refractivity contribution in [2.75, 3.05) is 23.9 Å². The van der Waals surface area contributed by atoms with Gasteiger partial charge in [-0.1, -0.05) is 65.7 Å². The predicted octanol–water partition coefficient (Wildman–Crippen LogP) is 5.14. The molecule has 1 heterocycles. The van der Waals surface area contributed by atoms with Crippen molar-refractivity contribution in [1.82, 2.24) is 5.32 Å². The second-order valence-electron chi connectivity index (χ2n) is 7.26. The number of halogens is 2. The van der Waals surface area contributed by atoms with Gasteiger partial charge in [-0.15, -0.1) is 0 Å². The molecule has 1 aliphatic heterocycles. The lowest BCUT2D eigenvalue weighted by molar-refractivity contribution is -0.119. The van der Waals surface area contributed by atoms with E-state index < -0.39 is 6.17 Å². The van der Waals surface area contributed by atoms with Gasteiger partial charge in [-0.05, 0) is 42.5 Å². The van der Waals surface area contributed by atoms with E-state index in [4.69, 9.17) is 40.4 Å². The van der Waals surface area contributed by atoms with Gasteiger partial charge in [0.25, 0.3) is 5.91 Å². The Labute approximate surface area is 202 Å². The molecule has 3 aromatic rings. The molecule has 0 fully saturated rings. The van der Waals surface area contributed by atoms with Crippen molar-refractivity contribution in [2.24, 2.45) is 4.99 Å². The van der Waals surface area contributed by atoms with Gasteiger partial charge in [0.05, 0.1) is 22.1 Å². The number of thiocarbonyl (C=S) groups is 1. The zero-order valence-electron chi connectivity index (χ0n) is 17.4. The number of nitrogens with one attached hydrogen (secondary N) is 1. The molecular formula is C24H20Cl2N4OS. The van der Waals surface area contributed by atoms with E-state index in [1.165, 1.54) is 0 Å². The van der Waals surface area contributed by atoms with Crippen LogP contribution in [0, 0.1) is 0 Å². The third kappa shape index (κ3) is 4.35. The highest BCUT2D eigenvalue weighted by Crippen LogP contribution is 2.30. The molecule has 0 bridgehead atoms. The Balaban J connectivity index is 1.75. The molecule has 32 heavy (non-hydrogen) atoms. The van der Waals surface area contributed by atoms with Crippen molar-refractivity contribution < 1.29 is 4.79 Å². The van der Waals surface area contributed by atoms with Gasteiger partial charge in [0.2, 0.25) is 6.17 Å². The first-order valence-corrected chi connectivity index (χ1v) is 11.0. The number of nitrogens with zero attached hydrogens (tertiary/aromatic N) is 3. The third-order valence-corrected chi connectivity index (χ3v) is 6.17. The number of carbonyl (C=O) groups is 1. The van der Waals surface area contributed by atoms with Crippen LogP contribution >= 0.6 is 35.4 Å². The van der Waals surface area contributed by atoms with E-state index in [0.717, 1.165) is 22.5 Å². The summed E-state index contributed by atoms with van der Waals surface area (Å²) in [6, 6.07) is 22.4. The number of rotatable bonds is 3. The smallest absolute Gasteiger partial charge is 0.272 e. The molecule has 1 unspecified atom stereocenters. The average Bonchev–Trinajstić information content (AvgIpc) is 2.90. The molecule has 1 amide bonds. The van der Waals surface area contributed by atoms with Crippen LogP contribution in [0.2, 0.25) is 10.0 Å². The lowest BCUT2D eigenvalue weighted by Crippen LogP contribution is -2.49. The summed E-state index contributed by atoms with van der Waals surface area (Å²) in [7, 11) is 3.51.